The molecule has 3 heteroatoms. The van der Waals surface area contributed by atoms with Crippen LogP contribution in [0.5, 0.6) is 0 Å². The predicted molar refractivity (Wildman–Crippen MR) is 34.9 cm³/mol. The molecule has 0 amide bonds. The van der Waals surface area contributed by atoms with Gasteiger partial charge < -0.3 is 0 Å². The van der Waals surface area contributed by atoms with Crippen LogP contribution in [0.25, 0.3) is 0 Å². The topological polar surface area (TPSA) is 36.8 Å². The summed E-state index contributed by atoms with van der Waals surface area (Å²) in [6, 6.07) is 0. The number of hydrazone groups is 2. The van der Waals surface area contributed by atoms with Crippen molar-refractivity contribution in [2.75, 3.05) is 0 Å². The Kier molecular flexibility index (Phi) is 4.71. The van der Waals surface area contributed by atoms with Crippen molar-refractivity contribution in [3.63, 3.8) is 0 Å². The molecule has 0 saturated heterocycles. The van der Waals surface area contributed by atoms with E-state index in [1.54, 1.807) is 12.2 Å². The molecule has 3 nitrogen and oxygen atoms in total. The smallest absolute Gasteiger partial charge is 0.0126 e. The van der Waals surface area contributed by atoms with Gasteiger partial charge in [0.15, 0.2) is 0 Å². The van der Waals surface area contributed by atoms with E-state index in [1.807, 2.05) is 0 Å². The van der Waals surface area contributed by atoms with Crippen LogP contribution in [0.4, 0.5) is 0 Å². The van der Waals surface area contributed by atoms with E-state index in [4.69, 9.17) is 0 Å². The van der Waals surface area contributed by atoms with E-state index in [0.717, 1.165) is 0 Å². The molecule has 0 aromatic carbocycles. The Morgan fingerprint density at radius 1 is 1.62 bits per heavy atom. The summed E-state index contributed by atoms with van der Waals surface area (Å²) in [5.74, 6) is 2.47. The molecule has 0 rings (SSSR count). The van der Waals surface area contributed by atoms with Gasteiger partial charge in [-0.05, 0) is 0 Å². The van der Waals surface area contributed by atoms with Gasteiger partial charge in [0.25, 0.3) is 0 Å². The van der Waals surface area contributed by atoms with E-state index in [0.29, 0.717) is 0 Å². The lowest BCUT2D eigenvalue weighted by atomic mass is 10.6. The van der Waals surface area contributed by atoms with Gasteiger partial charge in [-0.15, -0.1) is 5.10 Å². The summed E-state index contributed by atoms with van der Waals surface area (Å²) in [6.45, 7) is 6.53. The van der Waals surface area contributed by atoms with Crippen LogP contribution in [-0.2, 0) is 0 Å². The van der Waals surface area contributed by atoms with Crippen LogP contribution in [0.15, 0.2) is 28.9 Å². The Bertz CT molecular complexity index is 131. The molecular weight excluding hydrogens is 102 g/mol. The van der Waals surface area contributed by atoms with Gasteiger partial charge in [-0.1, -0.05) is 12.7 Å². The van der Waals surface area contributed by atoms with Gasteiger partial charge in [-0.3, -0.25) is 0 Å². The highest BCUT2D eigenvalue weighted by atomic mass is 15.5. The van der Waals surface area contributed by atoms with Crippen molar-refractivity contribution in [2.24, 2.45) is 10.2 Å². The second kappa shape index (κ2) is 5.66. The third-order valence-corrected chi connectivity index (χ3v) is 0.378. The van der Waals surface area contributed by atoms with E-state index >= 15 is 0 Å². The fourth-order valence-electron chi connectivity index (χ4n) is 0.154. The minimum absolute atomic E-state index is 1.55. The van der Waals surface area contributed by atoms with Crippen LogP contribution >= 0.6 is 0 Å². The minimum atomic E-state index is 1.55. The summed E-state index contributed by atoms with van der Waals surface area (Å²) >= 11 is 0. The molecule has 0 aliphatic rings. The van der Waals surface area contributed by atoms with Crippen molar-refractivity contribution in [1.29, 1.82) is 0 Å². The molecule has 0 heterocycles. The first-order chi connectivity index (χ1) is 3.91. The molecule has 1 N–H and O–H groups in total. The normalized spacial score (nSPS) is 6.00. The molecule has 0 aliphatic carbocycles. The highest BCUT2D eigenvalue weighted by Gasteiger charge is 1.52. The Morgan fingerprint density at radius 3 is 2.88 bits per heavy atom. The van der Waals surface area contributed by atoms with Gasteiger partial charge in [0.2, 0.25) is 0 Å². The maximum atomic E-state index is 3.42. The lowest BCUT2D eigenvalue weighted by Crippen LogP contribution is -1.88. The van der Waals surface area contributed by atoms with E-state index in [9.17, 15) is 0 Å². The summed E-state index contributed by atoms with van der Waals surface area (Å²) in [6.07, 6.45) is 3.12. The van der Waals surface area contributed by atoms with Gasteiger partial charge >= 0.3 is 0 Å². The Morgan fingerprint density at radius 2 is 2.38 bits per heavy atom. The fourth-order valence-corrected chi connectivity index (χ4v) is 0.154. The van der Waals surface area contributed by atoms with Crippen LogP contribution in [0, 0.1) is 0 Å². The average Bonchev–Trinajstić information content (AvgIpc) is 1.81. The van der Waals surface area contributed by atoms with Crippen LogP contribution in [0.1, 0.15) is 0 Å². The molecule has 0 fully saturated rings. The standard InChI is InChI=1S/C5H7N3/c1-3-4-5-7-8-6-2/h3-4,8H,1-2H2. The summed E-state index contributed by atoms with van der Waals surface area (Å²) in [4.78, 5) is 0. The molecule has 0 aliphatic heterocycles. The maximum Gasteiger partial charge on any atom is 0.0126 e. The first kappa shape index (κ1) is 6.66. The Labute approximate surface area is 48.1 Å². The number of nitrogens with one attached hydrogen (secondary N) is 1. The van der Waals surface area contributed by atoms with Crippen molar-refractivity contribution < 1.29 is 0 Å². The molecule has 0 aromatic rings. The lowest BCUT2D eigenvalue weighted by molar-refractivity contribution is 0.824. The van der Waals surface area contributed by atoms with Crippen molar-refractivity contribution in [3.05, 3.63) is 18.7 Å². The fraction of sp³-hybridized carbons (Fsp3) is 0. The molecule has 0 radical (unpaired) electrons. The molecule has 0 spiro atoms. The molecule has 0 saturated carbocycles. The van der Waals surface area contributed by atoms with Crippen molar-refractivity contribution in [3.8, 4) is 0 Å². The van der Waals surface area contributed by atoms with Crippen LogP contribution in [0.3, 0.4) is 0 Å². The molecule has 0 unspecified atom stereocenters. The summed E-state index contributed by atoms with van der Waals surface area (Å²) in [5, 5.41) is 6.65. The zero-order valence-corrected chi connectivity index (χ0v) is 4.46. The van der Waals surface area contributed by atoms with Crippen molar-refractivity contribution in [1.82, 2.24) is 5.53 Å². The number of rotatable bonds is 3. The zero-order valence-electron chi connectivity index (χ0n) is 4.46. The zero-order chi connectivity index (χ0) is 6.24. The van der Waals surface area contributed by atoms with Gasteiger partial charge in [0, 0.05) is 18.7 Å². The largest absolute Gasteiger partial charge is 0.190 e. The predicted octanol–water partition coefficient (Wildman–Crippen LogP) is 0.518. The number of nitrogens with zero attached hydrogens (tertiary/aromatic N) is 2. The molecule has 0 bridgehead atoms. The molecule has 0 aromatic heterocycles. The van der Waals surface area contributed by atoms with Crippen LogP contribution in [0.2, 0.25) is 0 Å². The number of allylic oxidation sites excluding steroid dienone is 2. The second-order valence-corrected chi connectivity index (χ2v) is 0.901. The Balaban J connectivity index is 3.46. The third kappa shape index (κ3) is 4.66. The molecular formula is C5H7N3. The first-order valence-corrected chi connectivity index (χ1v) is 2.02. The molecule has 42 valence electrons. The van der Waals surface area contributed by atoms with Crippen molar-refractivity contribution in [2.45, 2.75) is 0 Å². The first-order valence-electron chi connectivity index (χ1n) is 2.02. The molecule has 8 heavy (non-hydrogen) atoms. The second-order valence-electron chi connectivity index (χ2n) is 0.901. The van der Waals surface area contributed by atoms with Gasteiger partial charge in [0.05, 0.1) is 0 Å². The van der Waals surface area contributed by atoms with E-state index < -0.39 is 0 Å². The SMILES string of the molecule is C=CC=C=NNN=C. The van der Waals surface area contributed by atoms with Crippen LogP contribution < -0.4 is 5.53 Å². The van der Waals surface area contributed by atoms with Gasteiger partial charge in [-0.25, -0.2) is 0 Å². The van der Waals surface area contributed by atoms with Crippen LogP contribution in [-0.4, -0.2) is 12.6 Å². The minimum Gasteiger partial charge on any atom is -0.190 e. The monoisotopic (exact) mass is 109 g/mol. The maximum absolute atomic E-state index is 3.42. The molecule has 0 atom stereocenters. The quantitative estimate of drug-likeness (QED) is 0.320. The average molecular weight is 109 g/mol. The van der Waals surface area contributed by atoms with Gasteiger partial charge in [0.1, 0.15) is 0 Å². The van der Waals surface area contributed by atoms with E-state index in [1.165, 1.54) is 0 Å². The summed E-state index contributed by atoms with van der Waals surface area (Å²) in [5.41, 5.74) is 2.23. The van der Waals surface area contributed by atoms with Crippen molar-refractivity contribution >= 4 is 12.6 Å². The Hall–Kier alpha value is -1.34. The highest BCUT2D eigenvalue weighted by Crippen LogP contribution is 1.57. The summed E-state index contributed by atoms with van der Waals surface area (Å²) < 4.78 is 0. The highest BCUT2D eigenvalue weighted by molar-refractivity contribution is 5.53. The van der Waals surface area contributed by atoms with E-state index in [2.05, 4.69) is 34.9 Å². The third-order valence-electron chi connectivity index (χ3n) is 0.378. The van der Waals surface area contributed by atoms with Gasteiger partial charge in [-0.2, -0.15) is 10.6 Å². The lowest BCUT2D eigenvalue weighted by Gasteiger charge is -1.76. The number of hydrogen-bond donors (Lipinski definition) is 1. The number of hydrogen-bond acceptors (Lipinski definition) is 3. The summed E-state index contributed by atoms with van der Waals surface area (Å²) in [7, 11) is 0. The van der Waals surface area contributed by atoms with E-state index in [-0.39, 0.29) is 0 Å².